The first-order chi connectivity index (χ1) is 6.26. The van der Waals surface area contributed by atoms with Gasteiger partial charge in [-0.15, -0.1) is 0 Å². The third-order valence-electron chi connectivity index (χ3n) is 3.36. The van der Waals surface area contributed by atoms with Gasteiger partial charge in [0.25, 0.3) is 0 Å². The van der Waals surface area contributed by atoms with E-state index in [1.165, 1.54) is 0 Å². The van der Waals surface area contributed by atoms with Gasteiger partial charge in [0.1, 0.15) is 0 Å². The van der Waals surface area contributed by atoms with Gasteiger partial charge in [0.15, 0.2) is 0 Å². The highest BCUT2D eigenvalue weighted by atomic mass is 16.5. The molecule has 0 radical (unpaired) electrons. The number of fused-ring (bicyclic) bond motifs is 2. The van der Waals surface area contributed by atoms with Crippen molar-refractivity contribution in [2.45, 2.75) is 38.9 Å². The van der Waals surface area contributed by atoms with Crippen LogP contribution < -0.4 is 0 Å². The average Bonchev–Trinajstić information content (AvgIpc) is 2.65. The Morgan fingerprint density at radius 1 is 1.46 bits per heavy atom. The Morgan fingerprint density at radius 3 is 2.62 bits per heavy atom. The van der Waals surface area contributed by atoms with E-state index in [9.17, 15) is 0 Å². The lowest BCUT2D eigenvalue weighted by Gasteiger charge is -2.21. The van der Waals surface area contributed by atoms with Gasteiger partial charge in [-0.3, -0.25) is 0 Å². The summed E-state index contributed by atoms with van der Waals surface area (Å²) in [5.74, 6) is 1.08. The highest BCUT2D eigenvalue weighted by molar-refractivity contribution is 5.26. The molecule has 0 N–H and O–H groups in total. The minimum atomic E-state index is 0.325. The number of ether oxygens (including phenoxy) is 1. The van der Waals surface area contributed by atoms with Crippen LogP contribution in [0.4, 0.5) is 0 Å². The highest BCUT2D eigenvalue weighted by Crippen LogP contribution is 2.45. The molecule has 4 atom stereocenters. The van der Waals surface area contributed by atoms with Crippen LogP contribution in [-0.2, 0) is 4.74 Å². The normalized spacial score (nSPS) is 43.6. The van der Waals surface area contributed by atoms with Gasteiger partial charge in [-0.05, 0) is 25.7 Å². The van der Waals surface area contributed by atoms with Crippen molar-refractivity contribution in [3.63, 3.8) is 0 Å². The first kappa shape index (κ1) is 8.77. The lowest BCUT2D eigenvalue weighted by atomic mass is 9.79. The zero-order chi connectivity index (χ0) is 9.42. The molecule has 2 nitrogen and oxygen atoms in total. The molecule has 2 heterocycles. The van der Waals surface area contributed by atoms with Gasteiger partial charge in [0, 0.05) is 11.5 Å². The fourth-order valence-electron chi connectivity index (χ4n) is 2.57. The topological polar surface area (TPSA) is 33.0 Å². The van der Waals surface area contributed by atoms with Crippen LogP contribution in [0.3, 0.4) is 0 Å². The third-order valence-corrected chi connectivity index (χ3v) is 3.36. The van der Waals surface area contributed by atoms with E-state index in [4.69, 9.17) is 10.00 Å². The molecule has 2 rings (SSSR count). The van der Waals surface area contributed by atoms with Crippen LogP contribution in [0.5, 0.6) is 0 Å². The van der Waals surface area contributed by atoms with Crippen molar-refractivity contribution in [3.8, 4) is 6.07 Å². The van der Waals surface area contributed by atoms with Crippen molar-refractivity contribution in [1.82, 2.24) is 0 Å². The summed E-state index contributed by atoms with van der Waals surface area (Å²) in [6, 6.07) is 2.27. The maximum Gasteiger partial charge on any atom is 0.0947 e. The molecule has 0 spiro atoms. The van der Waals surface area contributed by atoms with Gasteiger partial charge in [-0.2, -0.15) is 5.26 Å². The first-order valence-corrected chi connectivity index (χ1v) is 4.98. The molecule has 0 saturated carbocycles. The van der Waals surface area contributed by atoms with Crippen molar-refractivity contribution >= 4 is 0 Å². The quantitative estimate of drug-likeness (QED) is 0.575. The molecule has 2 saturated heterocycles. The summed E-state index contributed by atoms with van der Waals surface area (Å²) in [5.41, 5.74) is 0.916. The zero-order valence-corrected chi connectivity index (χ0v) is 8.16. The van der Waals surface area contributed by atoms with Crippen molar-refractivity contribution in [3.05, 3.63) is 11.6 Å². The number of nitriles is 1. The van der Waals surface area contributed by atoms with E-state index < -0.39 is 0 Å². The Bertz CT molecular complexity index is 274. The molecule has 0 aromatic carbocycles. The smallest absolute Gasteiger partial charge is 0.0947 e. The standard InChI is InChI=1S/C11H15NO/c1-3-8(6-12)9-5-10-7(2)4-11(9)13-10/h3,7,9-11H,4-5H2,1-2H3/b8-3+. The fraction of sp³-hybridized carbons (Fsp3) is 0.727. The van der Waals surface area contributed by atoms with E-state index in [2.05, 4.69) is 13.0 Å². The summed E-state index contributed by atoms with van der Waals surface area (Å²) >= 11 is 0. The molecular weight excluding hydrogens is 162 g/mol. The Morgan fingerprint density at radius 2 is 2.23 bits per heavy atom. The molecular formula is C11H15NO. The minimum Gasteiger partial charge on any atom is -0.374 e. The predicted molar refractivity (Wildman–Crippen MR) is 49.9 cm³/mol. The minimum absolute atomic E-state index is 0.325. The van der Waals surface area contributed by atoms with Crippen molar-refractivity contribution < 1.29 is 4.74 Å². The molecule has 2 bridgehead atoms. The van der Waals surface area contributed by atoms with Gasteiger partial charge in [-0.25, -0.2) is 0 Å². The Hall–Kier alpha value is -0.810. The van der Waals surface area contributed by atoms with Crippen LogP contribution >= 0.6 is 0 Å². The van der Waals surface area contributed by atoms with Crippen LogP contribution in [0.15, 0.2) is 11.6 Å². The van der Waals surface area contributed by atoms with Gasteiger partial charge in [-0.1, -0.05) is 13.0 Å². The van der Waals surface area contributed by atoms with Gasteiger partial charge in [0.05, 0.1) is 18.3 Å². The van der Waals surface area contributed by atoms with E-state index >= 15 is 0 Å². The lowest BCUT2D eigenvalue weighted by Crippen LogP contribution is -2.22. The van der Waals surface area contributed by atoms with E-state index in [1.807, 2.05) is 13.0 Å². The zero-order valence-electron chi connectivity index (χ0n) is 8.16. The lowest BCUT2D eigenvalue weighted by molar-refractivity contribution is 0.0894. The Labute approximate surface area is 79.2 Å². The first-order valence-electron chi connectivity index (χ1n) is 4.98. The Kier molecular flexibility index (Phi) is 2.13. The van der Waals surface area contributed by atoms with Gasteiger partial charge < -0.3 is 4.74 Å². The number of rotatable bonds is 1. The van der Waals surface area contributed by atoms with Crippen LogP contribution in [0.25, 0.3) is 0 Å². The number of allylic oxidation sites excluding steroid dienone is 1. The second-order valence-electron chi connectivity index (χ2n) is 4.12. The van der Waals surface area contributed by atoms with Crippen LogP contribution in [0.1, 0.15) is 26.7 Å². The van der Waals surface area contributed by atoms with E-state index in [1.54, 1.807) is 0 Å². The van der Waals surface area contributed by atoms with Crippen molar-refractivity contribution in [2.75, 3.05) is 0 Å². The highest BCUT2D eigenvalue weighted by Gasteiger charge is 2.46. The molecule has 2 aliphatic heterocycles. The fourth-order valence-corrected chi connectivity index (χ4v) is 2.57. The molecule has 0 aromatic heterocycles. The van der Waals surface area contributed by atoms with Crippen LogP contribution in [0.2, 0.25) is 0 Å². The SMILES string of the molecule is C/C=C(\C#N)C1CC2OC1CC2C. The van der Waals surface area contributed by atoms with Gasteiger partial charge in [0.2, 0.25) is 0 Å². The van der Waals surface area contributed by atoms with Crippen LogP contribution in [0, 0.1) is 23.2 Å². The molecule has 2 heteroatoms. The molecule has 4 unspecified atom stereocenters. The van der Waals surface area contributed by atoms with Crippen molar-refractivity contribution in [1.29, 1.82) is 5.26 Å². The maximum absolute atomic E-state index is 8.91. The second-order valence-corrected chi connectivity index (χ2v) is 4.12. The summed E-state index contributed by atoms with van der Waals surface area (Å²) in [5, 5.41) is 8.91. The summed E-state index contributed by atoms with van der Waals surface area (Å²) in [4.78, 5) is 0. The molecule has 0 aliphatic carbocycles. The van der Waals surface area contributed by atoms with E-state index in [0.29, 0.717) is 24.0 Å². The number of nitrogens with zero attached hydrogens (tertiary/aromatic N) is 1. The van der Waals surface area contributed by atoms with Crippen LogP contribution in [-0.4, -0.2) is 12.2 Å². The second kappa shape index (κ2) is 3.16. The Balaban J connectivity index is 2.12. The summed E-state index contributed by atoms with van der Waals surface area (Å²) in [6.07, 6.45) is 4.86. The largest absolute Gasteiger partial charge is 0.374 e. The maximum atomic E-state index is 8.91. The van der Waals surface area contributed by atoms with Crippen molar-refractivity contribution in [2.24, 2.45) is 11.8 Å². The molecule has 2 aliphatic rings. The predicted octanol–water partition coefficient (Wildman–Crippen LogP) is 2.27. The van der Waals surface area contributed by atoms with E-state index in [0.717, 1.165) is 18.4 Å². The molecule has 2 fully saturated rings. The molecule has 13 heavy (non-hydrogen) atoms. The molecule has 0 amide bonds. The van der Waals surface area contributed by atoms with Gasteiger partial charge >= 0.3 is 0 Å². The molecule has 70 valence electrons. The number of hydrogen-bond acceptors (Lipinski definition) is 2. The summed E-state index contributed by atoms with van der Waals surface area (Å²) < 4.78 is 5.79. The summed E-state index contributed by atoms with van der Waals surface area (Å²) in [6.45, 7) is 4.18. The molecule has 0 aromatic rings. The average molecular weight is 177 g/mol. The monoisotopic (exact) mass is 177 g/mol. The summed E-state index contributed by atoms with van der Waals surface area (Å²) in [7, 11) is 0. The third kappa shape index (κ3) is 1.28. The van der Waals surface area contributed by atoms with E-state index in [-0.39, 0.29) is 0 Å². The number of hydrogen-bond donors (Lipinski definition) is 0.